The third-order valence-corrected chi connectivity index (χ3v) is 8.75. The Labute approximate surface area is 247 Å². The highest BCUT2D eigenvalue weighted by Crippen LogP contribution is 2.44. The Bertz CT molecular complexity index is 1610. The number of carbonyl (C=O) groups excluding carboxylic acids is 2. The van der Waals surface area contributed by atoms with Gasteiger partial charge < -0.3 is 14.9 Å². The molecular formula is C28H21Cl2N3O5S2. The standard InChI is InChI=1S/C28H21Cl2N3O5S2/c1-2-38-20-11-6-16(7-12-20)24(35)22-23(15-4-9-19(34)10-5-15)33(26(37)25(22)36)27-31-32-28(40-27)39-14-17-3-8-18(29)13-21(17)30/h3-13,23,34-35H,2,14H2,1H3/b24-22-. The van der Waals surface area contributed by atoms with Gasteiger partial charge in [0.2, 0.25) is 5.13 Å². The van der Waals surface area contributed by atoms with Crippen molar-refractivity contribution in [3.63, 3.8) is 0 Å². The Balaban J connectivity index is 1.51. The first-order valence-electron chi connectivity index (χ1n) is 12.0. The lowest BCUT2D eigenvalue weighted by Gasteiger charge is -2.22. The third kappa shape index (κ3) is 5.66. The molecule has 12 heteroatoms. The molecule has 2 heterocycles. The number of anilines is 1. The minimum Gasteiger partial charge on any atom is -0.508 e. The molecule has 8 nitrogen and oxygen atoms in total. The number of carbonyl (C=O) groups is 2. The van der Waals surface area contributed by atoms with Crippen molar-refractivity contribution in [3.05, 3.63) is 99.0 Å². The maximum Gasteiger partial charge on any atom is 0.301 e. The van der Waals surface area contributed by atoms with Crippen molar-refractivity contribution in [1.29, 1.82) is 0 Å². The minimum absolute atomic E-state index is 0.0164. The zero-order valence-electron chi connectivity index (χ0n) is 20.9. The van der Waals surface area contributed by atoms with E-state index in [0.29, 0.717) is 43.6 Å². The topological polar surface area (TPSA) is 113 Å². The van der Waals surface area contributed by atoms with Crippen molar-refractivity contribution >= 4 is 68.9 Å². The predicted molar refractivity (Wildman–Crippen MR) is 156 cm³/mol. The summed E-state index contributed by atoms with van der Waals surface area (Å²) in [5.74, 6) is -0.932. The van der Waals surface area contributed by atoms with Gasteiger partial charge in [-0.2, -0.15) is 0 Å². The summed E-state index contributed by atoms with van der Waals surface area (Å²) < 4.78 is 6.02. The van der Waals surface area contributed by atoms with Crippen LogP contribution in [0.15, 0.2) is 76.6 Å². The number of aliphatic hydroxyl groups excluding tert-OH is 1. The lowest BCUT2D eigenvalue weighted by atomic mass is 9.95. The first-order chi connectivity index (χ1) is 19.3. The van der Waals surface area contributed by atoms with Gasteiger partial charge in [0.05, 0.1) is 18.2 Å². The van der Waals surface area contributed by atoms with E-state index in [0.717, 1.165) is 16.9 Å². The number of phenols is 1. The number of hydrogen-bond donors (Lipinski definition) is 2. The number of nitrogens with zero attached hydrogens (tertiary/aromatic N) is 3. The van der Waals surface area contributed by atoms with Crippen LogP contribution in [0.4, 0.5) is 5.13 Å². The number of phenolic OH excluding ortho intramolecular Hbond substituents is 1. The molecule has 204 valence electrons. The summed E-state index contributed by atoms with van der Waals surface area (Å²) in [6.07, 6.45) is 0. The number of rotatable bonds is 8. The summed E-state index contributed by atoms with van der Waals surface area (Å²) in [7, 11) is 0. The quantitative estimate of drug-likeness (QED) is 0.0727. The number of benzene rings is 3. The summed E-state index contributed by atoms with van der Waals surface area (Å²) >= 11 is 14.8. The molecular weight excluding hydrogens is 593 g/mol. The van der Waals surface area contributed by atoms with Crippen LogP contribution in [0, 0.1) is 0 Å². The molecule has 1 amide bonds. The third-order valence-electron chi connectivity index (χ3n) is 6.06. The second-order valence-electron chi connectivity index (χ2n) is 8.59. The number of ketones is 1. The molecule has 1 atom stereocenters. The Morgan fingerprint density at radius 3 is 2.45 bits per heavy atom. The van der Waals surface area contributed by atoms with Crippen LogP contribution in [0.3, 0.4) is 0 Å². The molecule has 5 rings (SSSR count). The van der Waals surface area contributed by atoms with Gasteiger partial charge >= 0.3 is 5.91 Å². The molecule has 0 saturated carbocycles. The van der Waals surface area contributed by atoms with Gasteiger partial charge in [0.15, 0.2) is 4.34 Å². The van der Waals surface area contributed by atoms with Crippen molar-refractivity contribution in [2.24, 2.45) is 0 Å². The van der Waals surface area contributed by atoms with Crippen molar-refractivity contribution in [1.82, 2.24) is 10.2 Å². The monoisotopic (exact) mass is 613 g/mol. The Morgan fingerprint density at radius 2 is 1.77 bits per heavy atom. The first kappa shape index (κ1) is 28.0. The van der Waals surface area contributed by atoms with Crippen molar-refractivity contribution in [2.75, 3.05) is 11.5 Å². The molecule has 3 aromatic carbocycles. The van der Waals surface area contributed by atoms with Crippen LogP contribution in [0.25, 0.3) is 5.76 Å². The summed E-state index contributed by atoms with van der Waals surface area (Å²) in [5.41, 5.74) is 1.60. The number of aromatic nitrogens is 2. The highest BCUT2D eigenvalue weighted by atomic mass is 35.5. The summed E-state index contributed by atoms with van der Waals surface area (Å²) in [4.78, 5) is 27.9. The van der Waals surface area contributed by atoms with Crippen LogP contribution in [0.1, 0.15) is 29.7 Å². The number of hydrogen-bond acceptors (Lipinski definition) is 9. The number of aliphatic hydroxyl groups is 1. The minimum atomic E-state index is -0.997. The smallest absolute Gasteiger partial charge is 0.301 e. The van der Waals surface area contributed by atoms with E-state index in [1.165, 1.54) is 28.8 Å². The van der Waals surface area contributed by atoms with Crippen molar-refractivity contribution in [3.8, 4) is 11.5 Å². The second kappa shape index (κ2) is 11.9. The number of thioether (sulfide) groups is 1. The summed E-state index contributed by atoms with van der Waals surface area (Å²) in [6.45, 7) is 2.34. The van der Waals surface area contributed by atoms with Gasteiger partial charge in [-0.25, -0.2) is 0 Å². The van der Waals surface area contributed by atoms with Crippen LogP contribution in [-0.4, -0.2) is 38.7 Å². The number of amides is 1. The van der Waals surface area contributed by atoms with E-state index in [1.54, 1.807) is 48.5 Å². The van der Waals surface area contributed by atoms with Crippen molar-refractivity contribution in [2.45, 2.75) is 23.1 Å². The molecule has 40 heavy (non-hydrogen) atoms. The average Bonchev–Trinajstić information content (AvgIpc) is 3.51. The molecule has 1 fully saturated rings. The fraction of sp³-hybridized carbons (Fsp3) is 0.143. The maximum absolute atomic E-state index is 13.4. The zero-order chi connectivity index (χ0) is 28.4. The average molecular weight is 615 g/mol. The SMILES string of the molecule is CCOc1ccc(/C(O)=C2/C(=O)C(=O)N(c3nnc(SCc4ccc(Cl)cc4Cl)s3)C2c2ccc(O)cc2)cc1. The lowest BCUT2D eigenvalue weighted by molar-refractivity contribution is -0.132. The van der Waals surface area contributed by atoms with Crippen LogP contribution in [0.5, 0.6) is 11.5 Å². The summed E-state index contributed by atoms with van der Waals surface area (Å²) in [6, 6.07) is 16.9. The largest absolute Gasteiger partial charge is 0.508 e. The molecule has 0 aliphatic carbocycles. The van der Waals surface area contributed by atoms with E-state index >= 15 is 0 Å². The molecule has 0 bridgehead atoms. The molecule has 1 aliphatic rings. The van der Waals surface area contributed by atoms with Crippen LogP contribution < -0.4 is 9.64 Å². The van der Waals surface area contributed by atoms with Gasteiger partial charge in [-0.05, 0) is 66.6 Å². The number of Topliss-reactive ketones (excluding diaryl/α,β-unsaturated/α-hetero) is 1. The number of ether oxygens (including phenoxy) is 1. The highest BCUT2D eigenvalue weighted by Gasteiger charge is 2.48. The first-order valence-corrected chi connectivity index (χ1v) is 14.6. The molecule has 4 aromatic rings. The van der Waals surface area contributed by atoms with Gasteiger partial charge in [0.25, 0.3) is 5.78 Å². The molecule has 1 unspecified atom stereocenters. The highest BCUT2D eigenvalue weighted by molar-refractivity contribution is 8.00. The summed E-state index contributed by atoms with van der Waals surface area (Å²) in [5, 5.41) is 30.8. The maximum atomic E-state index is 13.4. The van der Waals surface area contributed by atoms with Gasteiger partial charge in [-0.3, -0.25) is 14.5 Å². The predicted octanol–water partition coefficient (Wildman–Crippen LogP) is 6.87. The number of halogens is 2. The Kier molecular flexibility index (Phi) is 8.32. The molecule has 1 saturated heterocycles. The fourth-order valence-corrected chi connectivity index (χ4v) is 6.60. The molecule has 0 radical (unpaired) electrons. The normalized spacial score (nSPS) is 16.5. The molecule has 1 aliphatic heterocycles. The molecule has 2 N–H and O–H groups in total. The molecule has 0 spiro atoms. The fourth-order valence-electron chi connectivity index (χ4n) is 4.17. The van der Waals surface area contributed by atoms with E-state index < -0.39 is 17.7 Å². The van der Waals surface area contributed by atoms with Crippen molar-refractivity contribution < 1.29 is 24.5 Å². The van der Waals surface area contributed by atoms with Crippen LogP contribution >= 0.6 is 46.3 Å². The van der Waals surface area contributed by atoms with Gasteiger partial charge in [-0.15, -0.1) is 10.2 Å². The van der Waals surface area contributed by atoms with E-state index in [1.807, 2.05) is 13.0 Å². The van der Waals surface area contributed by atoms with Crippen LogP contribution in [-0.2, 0) is 15.3 Å². The van der Waals surface area contributed by atoms with E-state index in [4.69, 9.17) is 27.9 Å². The van der Waals surface area contributed by atoms with E-state index in [9.17, 15) is 19.8 Å². The van der Waals surface area contributed by atoms with Gasteiger partial charge in [0.1, 0.15) is 17.3 Å². The van der Waals surface area contributed by atoms with Gasteiger partial charge in [0, 0.05) is 21.4 Å². The lowest BCUT2D eigenvalue weighted by Crippen LogP contribution is -2.29. The second-order valence-corrected chi connectivity index (χ2v) is 11.6. The van der Waals surface area contributed by atoms with E-state index in [-0.39, 0.29) is 22.2 Å². The Hall–Kier alpha value is -3.57. The van der Waals surface area contributed by atoms with Gasteiger partial charge in [-0.1, -0.05) is 64.5 Å². The number of aromatic hydroxyl groups is 1. The zero-order valence-corrected chi connectivity index (χ0v) is 24.0. The van der Waals surface area contributed by atoms with E-state index in [2.05, 4.69) is 10.2 Å². The molecule has 1 aromatic heterocycles. The Morgan fingerprint density at radius 1 is 1.05 bits per heavy atom. The van der Waals surface area contributed by atoms with Crippen LogP contribution in [0.2, 0.25) is 10.0 Å².